The number of halogens is 1. The molecular weight excluding hydrogens is 420 g/mol. The Morgan fingerprint density at radius 3 is 2.57 bits per heavy atom. The Labute approximate surface area is 185 Å². The van der Waals surface area contributed by atoms with Crippen LogP contribution in [0.1, 0.15) is 11.1 Å². The van der Waals surface area contributed by atoms with E-state index in [1.54, 1.807) is 11.0 Å². The molecule has 1 fully saturated rings. The Bertz CT molecular complexity index is 933. The van der Waals surface area contributed by atoms with Crippen molar-refractivity contribution in [3.05, 3.63) is 58.6 Å². The molecule has 0 aromatic heterocycles. The SMILES string of the molecule is O=C(CNC(=O)N1CCc2ccccc2C1)Nc1ccc(N2CCSCC2)c(Cl)c1. The maximum Gasteiger partial charge on any atom is 0.318 e. The van der Waals surface area contributed by atoms with Crippen molar-refractivity contribution in [2.45, 2.75) is 13.0 Å². The second kappa shape index (κ2) is 9.62. The van der Waals surface area contributed by atoms with E-state index in [0.29, 0.717) is 23.8 Å². The van der Waals surface area contributed by atoms with Gasteiger partial charge in [0, 0.05) is 43.4 Å². The van der Waals surface area contributed by atoms with Crippen LogP contribution in [0, 0.1) is 0 Å². The summed E-state index contributed by atoms with van der Waals surface area (Å²) in [7, 11) is 0. The minimum absolute atomic E-state index is 0.0836. The Hall–Kier alpha value is -2.38. The molecule has 1 saturated heterocycles. The standard InChI is InChI=1S/C22H25ClN4O2S/c23-19-13-18(5-6-20(19)26-9-11-30-12-10-26)25-21(28)14-24-22(29)27-8-7-16-3-1-2-4-17(16)15-27/h1-6,13H,7-12,14-15H2,(H,24,29)(H,25,28). The van der Waals surface area contributed by atoms with Gasteiger partial charge in [0.15, 0.2) is 0 Å². The van der Waals surface area contributed by atoms with Gasteiger partial charge in [-0.25, -0.2) is 4.79 Å². The van der Waals surface area contributed by atoms with Crippen molar-refractivity contribution >= 4 is 46.7 Å². The van der Waals surface area contributed by atoms with E-state index in [2.05, 4.69) is 21.6 Å². The number of urea groups is 1. The van der Waals surface area contributed by atoms with Crippen molar-refractivity contribution in [1.82, 2.24) is 10.2 Å². The Balaban J connectivity index is 1.27. The molecule has 2 aromatic carbocycles. The van der Waals surface area contributed by atoms with Gasteiger partial charge in [0.1, 0.15) is 0 Å². The number of anilines is 2. The molecule has 8 heteroatoms. The van der Waals surface area contributed by atoms with Crippen LogP contribution in [-0.2, 0) is 17.8 Å². The van der Waals surface area contributed by atoms with Crippen LogP contribution in [0.4, 0.5) is 16.2 Å². The predicted molar refractivity (Wildman–Crippen MR) is 124 cm³/mol. The lowest BCUT2D eigenvalue weighted by molar-refractivity contribution is -0.115. The molecular formula is C22H25ClN4O2S. The van der Waals surface area contributed by atoms with Gasteiger partial charge in [-0.05, 0) is 35.7 Å². The quantitative estimate of drug-likeness (QED) is 0.756. The third kappa shape index (κ3) is 5.02. The molecule has 2 N–H and O–H groups in total. The van der Waals surface area contributed by atoms with Gasteiger partial charge in [-0.15, -0.1) is 0 Å². The smallest absolute Gasteiger partial charge is 0.318 e. The summed E-state index contributed by atoms with van der Waals surface area (Å²) >= 11 is 8.39. The summed E-state index contributed by atoms with van der Waals surface area (Å²) in [6.45, 7) is 3.08. The Kier molecular flexibility index (Phi) is 6.69. The molecule has 158 valence electrons. The van der Waals surface area contributed by atoms with Crippen LogP contribution in [0.3, 0.4) is 0 Å². The van der Waals surface area contributed by atoms with Gasteiger partial charge in [-0.2, -0.15) is 11.8 Å². The van der Waals surface area contributed by atoms with E-state index in [4.69, 9.17) is 11.6 Å². The monoisotopic (exact) mass is 444 g/mol. The lowest BCUT2D eigenvalue weighted by Gasteiger charge is -2.29. The summed E-state index contributed by atoms with van der Waals surface area (Å²) in [5.41, 5.74) is 4.06. The van der Waals surface area contributed by atoms with E-state index in [1.807, 2.05) is 42.1 Å². The first-order valence-electron chi connectivity index (χ1n) is 10.1. The Morgan fingerprint density at radius 2 is 1.80 bits per heavy atom. The molecule has 4 rings (SSSR count). The number of hydrogen-bond donors (Lipinski definition) is 2. The number of carbonyl (C=O) groups is 2. The van der Waals surface area contributed by atoms with Gasteiger partial charge in [-0.1, -0.05) is 35.9 Å². The number of hydrogen-bond acceptors (Lipinski definition) is 4. The zero-order valence-corrected chi connectivity index (χ0v) is 18.3. The average Bonchev–Trinajstić information content (AvgIpc) is 2.78. The first kappa shape index (κ1) is 20.9. The number of nitrogens with one attached hydrogen (secondary N) is 2. The van der Waals surface area contributed by atoms with Crippen LogP contribution in [0.2, 0.25) is 5.02 Å². The molecule has 30 heavy (non-hydrogen) atoms. The number of carbonyl (C=O) groups excluding carboxylic acids is 2. The van der Waals surface area contributed by atoms with Crippen LogP contribution in [0.15, 0.2) is 42.5 Å². The minimum atomic E-state index is -0.279. The first-order valence-corrected chi connectivity index (χ1v) is 11.6. The maximum absolute atomic E-state index is 12.4. The average molecular weight is 445 g/mol. The summed E-state index contributed by atoms with van der Waals surface area (Å²) in [6.07, 6.45) is 0.830. The summed E-state index contributed by atoms with van der Waals surface area (Å²) in [5.74, 6) is 1.91. The van der Waals surface area contributed by atoms with Crippen molar-refractivity contribution in [1.29, 1.82) is 0 Å². The molecule has 0 bridgehead atoms. The summed E-state index contributed by atoms with van der Waals surface area (Å²) in [5, 5.41) is 6.14. The van der Waals surface area contributed by atoms with Gasteiger partial charge >= 0.3 is 6.03 Å². The number of rotatable bonds is 4. The van der Waals surface area contributed by atoms with Crippen molar-refractivity contribution < 1.29 is 9.59 Å². The highest BCUT2D eigenvalue weighted by Crippen LogP contribution is 2.30. The molecule has 2 aliphatic heterocycles. The molecule has 0 atom stereocenters. The van der Waals surface area contributed by atoms with Crippen molar-refractivity contribution in [3.8, 4) is 0 Å². The number of nitrogens with zero attached hydrogens (tertiary/aromatic N) is 2. The number of thioether (sulfide) groups is 1. The van der Waals surface area contributed by atoms with Gasteiger partial charge < -0.3 is 20.4 Å². The van der Waals surface area contributed by atoms with Crippen LogP contribution in [0.25, 0.3) is 0 Å². The molecule has 0 unspecified atom stereocenters. The molecule has 2 aliphatic rings. The van der Waals surface area contributed by atoms with Crippen LogP contribution in [0.5, 0.6) is 0 Å². The molecule has 0 radical (unpaired) electrons. The van der Waals surface area contributed by atoms with Crippen LogP contribution >= 0.6 is 23.4 Å². The topological polar surface area (TPSA) is 64.7 Å². The molecule has 2 aromatic rings. The second-order valence-electron chi connectivity index (χ2n) is 7.41. The molecule has 0 saturated carbocycles. The van der Waals surface area contributed by atoms with Gasteiger partial charge in [0.25, 0.3) is 0 Å². The lowest BCUT2D eigenvalue weighted by atomic mass is 10.0. The van der Waals surface area contributed by atoms with E-state index in [9.17, 15) is 9.59 Å². The summed E-state index contributed by atoms with van der Waals surface area (Å²) in [4.78, 5) is 28.7. The minimum Gasteiger partial charge on any atom is -0.369 e. The number of fused-ring (bicyclic) bond motifs is 1. The van der Waals surface area contributed by atoms with Crippen molar-refractivity contribution in [2.75, 3.05) is 47.9 Å². The second-order valence-corrected chi connectivity index (χ2v) is 9.04. The number of amides is 3. The van der Waals surface area contributed by atoms with E-state index in [0.717, 1.165) is 42.3 Å². The van der Waals surface area contributed by atoms with Gasteiger partial charge in [-0.3, -0.25) is 4.79 Å². The fraction of sp³-hybridized carbons (Fsp3) is 0.364. The predicted octanol–water partition coefficient (Wildman–Crippen LogP) is 3.60. The van der Waals surface area contributed by atoms with Gasteiger partial charge in [0.05, 0.1) is 17.3 Å². The molecule has 6 nitrogen and oxygen atoms in total. The highest BCUT2D eigenvalue weighted by atomic mass is 35.5. The highest BCUT2D eigenvalue weighted by Gasteiger charge is 2.21. The fourth-order valence-electron chi connectivity index (χ4n) is 3.79. The largest absolute Gasteiger partial charge is 0.369 e. The third-order valence-electron chi connectivity index (χ3n) is 5.40. The van der Waals surface area contributed by atoms with E-state index in [-0.39, 0.29) is 18.5 Å². The van der Waals surface area contributed by atoms with E-state index < -0.39 is 0 Å². The summed E-state index contributed by atoms with van der Waals surface area (Å²) in [6, 6.07) is 13.5. The Morgan fingerprint density at radius 1 is 1.03 bits per heavy atom. The van der Waals surface area contributed by atoms with Crippen molar-refractivity contribution in [2.24, 2.45) is 0 Å². The first-order chi connectivity index (χ1) is 14.6. The molecule has 0 aliphatic carbocycles. The molecule has 2 heterocycles. The summed E-state index contributed by atoms with van der Waals surface area (Å²) < 4.78 is 0. The molecule has 3 amide bonds. The van der Waals surface area contributed by atoms with E-state index in [1.165, 1.54) is 5.56 Å². The van der Waals surface area contributed by atoms with Crippen LogP contribution < -0.4 is 15.5 Å². The highest BCUT2D eigenvalue weighted by molar-refractivity contribution is 7.99. The molecule has 0 spiro atoms. The maximum atomic E-state index is 12.4. The lowest BCUT2D eigenvalue weighted by Crippen LogP contribution is -2.45. The van der Waals surface area contributed by atoms with E-state index >= 15 is 0 Å². The zero-order chi connectivity index (χ0) is 20.9. The van der Waals surface area contributed by atoms with Crippen molar-refractivity contribution in [3.63, 3.8) is 0 Å². The number of benzene rings is 2. The zero-order valence-electron chi connectivity index (χ0n) is 16.7. The normalized spacial score (nSPS) is 16.0. The van der Waals surface area contributed by atoms with Crippen LogP contribution in [-0.4, -0.2) is 54.5 Å². The third-order valence-corrected chi connectivity index (χ3v) is 6.65. The fourth-order valence-corrected chi connectivity index (χ4v) is 4.99. The van der Waals surface area contributed by atoms with Gasteiger partial charge in [0.2, 0.25) is 5.91 Å².